The maximum atomic E-state index is 10.8. The average Bonchev–Trinajstić information content (AvgIpc) is 2.53. The molecule has 0 heterocycles. The van der Waals surface area contributed by atoms with Gasteiger partial charge >= 0.3 is 0 Å². The van der Waals surface area contributed by atoms with Gasteiger partial charge in [0.15, 0.2) is 0 Å². The Kier molecular flexibility index (Phi) is 6.25. The highest BCUT2D eigenvalue weighted by Gasteiger charge is 2.30. The molecule has 21 heavy (non-hydrogen) atoms. The highest BCUT2D eigenvalue weighted by atomic mass is 16.5. The first kappa shape index (κ1) is 16.5. The van der Waals surface area contributed by atoms with Crippen molar-refractivity contribution >= 4 is 0 Å². The van der Waals surface area contributed by atoms with Gasteiger partial charge in [0, 0.05) is 6.61 Å². The summed E-state index contributed by atoms with van der Waals surface area (Å²) >= 11 is 0. The van der Waals surface area contributed by atoms with E-state index in [1.165, 1.54) is 37.7 Å². The normalized spacial score (nSPS) is 19.7. The van der Waals surface area contributed by atoms with E-state index in [4.69, 9.17) is 4.74 Å². The Labute approximate surface area is 129 Å². The zero-order chi connectivity index (χ0) is 15.2. The number of hydrogen-bond donors (Lipinski definition) is 1. The van der Waals surface area contributed by atoms with Crippen LogP contribution in [-0.4, -0.2) is 17.8 Å². The smallest absolute Gasteiger partial charge is 0.105 e. The molecule has 0 aromatic heterocycles. The minimum atomic E-state index is -0.505. The van der Waals surface area contributed by atoms with Crippen molar-refractivity contribution in [3.63, 3.8) is 0 Å². The third kappa shape index (κ3) is 4.31. The van der Waals surface area contributed by atoms with Crippen molar-refractivity contribution in [1.82, 2.24) is 0 Å². The molecule has 1 fully saturated rings. The van der Waals surface area contributed by atoms with Crippen molar-refractivity contribution < 1.29 is 9.84 Å². The number of aliphatic hydroxyl groups excluding tert-OH is 1. The van der Waals surface area contributed by atoms with Crippen LogP contribution >= 0.6 is 0 Å². The molecular weight excluding hydrogens is 260 g/mol. The Morgan fingerprint density at radius 1 is 1.05 bits per heavy atom. The Morgan fingerprint density at radius 2 is 1.62 bits per heavy atom. The Bertz CT molecular complexity index is 404. The van der Waals surface area contributed by atoms with Crippen molar-refractivity contribution in [1.29, 1.82) is 0 Å². The van der Waals surface area contributed by atoms with Crippen molar-refractivity contribution in [3.8, 4) is 0 Å². The largest absolute Gasteiger partial charge is 0.386 e. The third-order valence-electron chi connectivity index (χ3n) is 4.73. The molecule has 2 rings (SSSR count). The van der Waals surface area contributed by atoms with Gasteiger partial charge in [0.2, 0.25) is 0 Å². The Morgan fingerprint density at radius 3 is 2.14 bits per heavy atom. The van der Waals surface area contributed by atoms with Crippen LogP contribution in [-0.2, 0) is 4.74 Å². The topological polar surface area (TPSA) is 29.5 Å². The summed E-state index contributed by atoms with van der Waals surface area (Å²) in [6.45, 7) is 7.07. The van der Waals surface area contributed by atoms with Gasteiger partial charge in [-0.15, -0.1) is 0 Å². The second kappa shape index (κ2) is 7.95. The molecule has 1 aromatic carbocycles. The van der Waals surface area contributed by atoms with Gasteiger partial charge < -0.3 is 9.84 Å². The van der Waals surface area contributed by atoms with Crippen molar-refractivity contribution in [2.45, 2.75) is 71.0 Å². The fourth-order valence-corrected chi connectivity index (χ4v) is 3.41. The van der Waals surface area contributed by atoms with Crippen LogP contribution in [0.25, 0.3) is 0 Å². The van der Waals surface area contributed by atoms with E-state index in [2.05, 4.69) is 38.1 Å². The monoisotopic (exact) mass is 290 g/mol. The van der Waals surface area contributed by atoms with Gasteiger partial charge in [0.25, 0.3) is 0 Å². The summed E-state index contributed by atoms with van der Waals surface area (Å²) in [4.78, 5) is 0. The fourth-order valence-electron chi connectivity index (χ4n) is 3.41. The summed E-state index contributed by atoms with van der Waals surface area (Å²) in [6.07, 6.45) is 5.68. The lowest BCUT2D eigenvalue weighted by molar-refractivity contribution is -0.0739. The van der Waals surface area contributed by atoms with E-state index < -0.39 is 6.10 Å². The molecular formula is C19H30O2. The molecule has 1 N–H and O–H groups in total. The molecule has 0 saturated heterocycles. The predicted octanol–water partition coefficient (Wildman–Crippen LogP) is 4.83. The van der Waals surface area contributed by atoms with Gasteiger partial charge in [-0.1, -0.05) is 57.4 Å². The SMILES string of the molecule is CCOC(C1CCCCC1)C(O)c1ccc(C(C)C)cc1. The Hall–Kier alpha value is -0.860. The van der Waals surface area contributed by atoms with E-state index in [-0.39, 0.29) is 6.10 Å². The van der Waals surface area contributed by atoms with Gasteiger partial charge in [-0.25, -0.2) is 0 Å². The predicted molar refractivity (Wildman–Crippen MR) is 87.5 cm³/mol. The molecule has 1 aliphatic rings. The number of benzene rings is 1. The average molecular weight is 290 g/mol. The maximum absolute atomic E-state index is 10.8. The minimum absolute atomic E-state index is 0.0554. The molecule has 2 unspecified atom stereocenters. The van der Waals surface area contributed by atoms with E-state index in [1.807, 2.05) is 6.92 Å². The van der Waals surface area contributed by atoms with Crippen molar-refractivity contribution in [2.75, 3.05) is 6.61 Å². The molecule has 0 aliphatic heterocycles. The molecule has 1 saturated carbocycles. The van der Waals surface area contributed by atoms with E-state index in [1.54, 1.807) is 0 Å². The highest BCUT2D eigenvalue weighted by molar-refractivity contribution is 5.26. The molecule has 1 aromatic rings. The molecule has 0 spiro atoms. The summed E-state index contributed by atoms with van der Waals surface area (Å²) in [7, 11) is 0. The van der Waals surface area contributed by atoms with Gasteiger partial charge in [-0.3, -0.25) is 0 Å². The van der Waals surface area contributed by atoms with Crippen LogP contribution in [0.3, 0.4) is 0 Å². The lowest BCUT2D eigenvalue weighted by atomic mass is 9.81. The molecule has 2 atom stereocenters. The first-order valence-electron chi connectivity index (χ1n) is 8.53. The molecule has 118 valence electrons. The quantitative estimate of drug-likeness (QED) is 0.813. The third-order valence-corrected chi connectivity index (χ3v) is 4.73. The second-order valence-electron chi connectivity index (χ2n) is 6.58. The summed E-state index contributed by atoms with van der Waals surface area (Å²) in [6, 6.07) is 8.39. The highest BCUT2D eigenvalue weighted by Crippen LogP contribution is 2.34. The summed E-state index contributed by atoms with van der Waals surface area (Å²) in [5.74, 6) is 1.02. The lowest BCUT2D eigenvalue weighted by Gasteiger charge is -2.33. The van der Waals surface area contributed by atoms with Crippen LogP contribution in [0.2, 0.25) is 0 Å². The van der Waals surface area contributed by atoms with Crippen LogP contribution in [0, 0.1) is 5.92 Å². The molecule has 0 radical (unpaired) electrons. The first-order chi connectivity index (χ1) is 10.1. The van der Waals surface area contributed by atoms with Crippen molar-refractivity contribution in [2.24, 2.45) is 5.92 Å². The lowest BCUT2D eigenvalue weighted by Crippen LogP contribution is -2.32. The fraction of sp³-hybridized carbons (Fsp3) is 0.684. The zero-order valence-corrected chi connectivity index (χ0v) is 13.7. The van der Waals surface area contributed by atoms with Crippen LogP contribution in [0.4, 0.5) is 0 Å². The van der Waals surface area contributed by atoms with Crippen LogP contribution in [0.15, 0.2) is 24.3 Å². The zero-order valence-electron chi connectivity index (χ0n) is 13.7. The molecule has 0 bridgehead atoms. The maximum Gasteiger partial charge on any atom is 0.105 e. The van der Waals surface area contributed by atoms with Gasteiger partial charge in [-0.05, 0) is 42.7 Å². The minimum Gasteiger partial charge on any atom is -0.386 e. The van der Waals surface area contributed by atoms with Gasteiger partial charge in [0.05, 0.1) is 6.10 Å². The molecule has 0 amide bonds. The number of ether oxygens (including phenoxy) is 1. The van der Waals surface area contributed by atoms with Crippen LogP contribution in [0.1, 0.15) is 76.0 Å². The van der Waals surface area contributed by atoms with Gasteiger partial charge in [0.1, 0.15) is 6.10 Å². The summed E-state index contributed by atoms with van der Waals surface area (Å²) in [5, 5.41) is 10.8. The van der Waals surface area contributed by atoms with Crippen LogP contribution in [0.5, 0.6) is 0 Å². The first-order valence-corrected chi connectivity index (χ1v) is 8.53. The van der Waals surface area contributed by atoms with E-state index >= 15 is 0 Å². The standard InChI is InChI=1S/C19H30O2/c1-4-21-19(17-8-6-5-7-9-17)18(20)16-12-10-15(11-13-16)14(2)3/h10-14,17-20H,4-9H2,1-3H3. The van der Waals surface area contributed by atoms with Crippen molar-refractivity contribution in [3.05, 3.63) is 35.4 Å². The molecule has 1 aliphatic carbocycles. The number of hydrogen-bond acceptors (Lipinski definition) is 2. The van der Waals surface area contributed by atoms with Crippen LogP contribution < -0.4 is 0 Å². The molecule has 2 nitrogen and oxygen atoms in total. The number of aliphatic hydroxyl groups is 1. The van der Waals surface area contributed by atoms with Gasteiger partial charge in [-0.2, -0.15) is 0 Å². The number of rotatable bonds is 6. The van der Waals surface area contributed by atoms with E-state index in [9.17, 15) is 5.11 Å². The molecule has 2 heteroatoms. The Balaban J connectivity index is 2.10. The summed E-state index contributed by atoms with van der Waals surface area (Å²) in [5.41, 5.74) is 2.31. The van der Waals surface area contributed by atoms with E-state index in [0.29, 0.717) is 18.4 Å². The second-order valence-corrected chi connectivity index (χ2v) is 6.58. The summed E-state index contributed by atoms with van der Waals surface area (Å²) < 4.78 is 5.93. The van der Waals surface area contributed by atoms with E-state index in [0.717, 1.165) is 5.56 Å².